The zero-order valence-corrected chi connectivity index (χ0v) is 14.0. The Morgan fingerprint density at radius 2 is 2.21 bits per heavy atom. The maximum Gasteiger partial charge on any atom is 0.231 e. The van der Waals surface area contributed by atoms with Crippen LogP contribution in [-0.4, -0.2) is 40.6 Å². The van der Waals surface area contributed by atoms with Gasteiger partial charge in [-0.25, -0.2) is 0 Å². The summed E-state index contributed by atoms with van der Waals surface area (Å²) in [5.41, 5.74) is 1.15. The van der Waals surface area contributed by atoms with Gasteiger partial charge in [-0.2, -0.15) is 4.98 Å². The van der Waals surface area contributed by atoms with Crippen LogP contribution >= 0.6 is 0 Å². The number of likely N-dealkylation sites (tertiary alicyclic amines) is 1. The van der Waals surface area contributed by atoms with E-state index in [-0.39, 0.29) is 11.8 Å². The number of hydrogen-bond acceptors (Lipinski definition) is 5. The Labute approximate surface area is 141 Å². The van der Waals surface area contributed by atoms with Crippen LogP contribution in [0.5, 0.6) is 0 Å². The van der Waals surface area contributed by atoms with Crippen LogP contribution in [-0.2, 0) is 22.6 Å². The third-order valence-electron chi connectivity index (χ3n) is 4.26. The van der Waals surface area contributed by atoms with E-state index in [1.54, 1.807) is 0 Å². The van der Waals surface area contributed by atoms with Crippen LogP contribution in [0, 0.1) is 0 Å². The molecule has 24 heavy (non-hydrogen) atoms. The van der Waals surface area contributed by atoms with E-state index in [9.17, 15) is 4.79 Å². The van der Waals surface area contributed by atoms with E-state index < -0.39 is 0 Å². The van der Waals surface area contributed by atoms with Gasteiger partial charge in [0.25, 0.3) is 0 Å². The molecule has 6 nitrogen and oxygen atoms in total. The molecule has 0 bridgehead atoms. The average Bonchev–Trinajstić information content (AvgIpc) is 3.28. The van der Waals surface area contributed by atoms with Crippen LogP contribution in [0.3, 0.4) is 0 Å². The minimum atomic E-state index is 0.159. The third kappa shape index (κ3) is 4.20. The van der Waals surface area contributed by atoms with Gasteiger partial charge in [0.15, 0.2) is 5.82 Å². The number of hydrogen-bond donors (Lipinski definition) is 0. The number of carbonyl (C=O) groups is 1. The van der Waals surface area contributed by atoms with Gasteiger partial charge in [0, 0.05) is 25.9 Å². The van der Waals surface area contributed by atoms with Crippen LogP contribution < -0.4 is 0 Å². The van der Waals surface area contributed by atoms with Gasteiger partial charge in [0.2, 0.25) is 11.8 Å². The van der Waals surface area contributed by atoms with E-state index in [1.165, 1.54) is 0 Å². The molecule has 1 aromatic carbocycles. The van der Waals surface area contributed by atoms with Crippen molar-refractivity contribution in [3.8, 4) is 0 Å². The Bertz CT molecular complexity index is 657. The highest BCUT2D eigenvalue weighted by molar-refractivity contribution is 5.76. The Hall–Kier alpha value is -2.21. The second-order valence-electron chi connectivity index (χ2n) is 6.02. The molecule has 6 heteroatoms. The van der Waals surface area contributed by atoms with Crippen molar-refractivity contribution < 1.29 is 14.1 Å². The molecule has 2 heterocycles. The number of ether oxygens (including phenoxy) is 1. The van der Waals surface area contributed by atoms with E-state index in [0.717, 1.165) is 18.5 Å². The molecule has 1 unspecified atom stereocenters. The SMILES string of the molecule is CCC(=O)N1CCC(c2nc(CCOCc3ccccc3)no2)C1. The summed E-state index contributed by atoms with van der Waals surface area (Å²) in [5.74, 6) is 1.65. The monoisotopic (exact) mass is 329 g/mol. The predicted octanol–water partition coefficient (Wildman–Crippen LogP) is 2.55. The number of benzene rings is 1. The number of carbonyl (C=O) groups excluding carboxylic acids is 1. The van der Waals surface area contributed by atoms with Crippen molar-refractivity contribution in [3.05, 3.63) is 47.6 Å². The third-order valence-corrected chi connectivity index (χ3v) is 4.26. The number of aromatic nitrogens is 2. The lowest BCUT2D eigenvalue weighted by atomic mass is 10.1. The van der Waals surface area contributed by atoms with Crippen molar-refractivity contribution in [2.45, 2.75) is 38.7 Å². The van der Waals surface area contributed by atoms with Gasteiger partial charge in [-0.15, -0.1) is 0 Å². The molecule has 1 saturated heterocycles. The molecule has 3 rings (SSSR count). The topological polar surface area (TPSA) is 68.5 Å². The van der Waals surface area contributed by atoms with Crippen molar-refractivity contribution in [1.82, 2.24) is 15.0 Å². The second-order valence-corrected chi connectivity index (χ2v) is 6.02. The maximum absolute atomic E-state index is 11.7. The highest BCUT2D eigenvalue weighted by Gasteiger charge is 2.30. The average molecular weight is 329 g/mol. The molecule has 128 valence electrons. The molecule has 1 aliphatic rings. The van der Waals surface area contributed by atoms with Crippen LogP contribution in [0.4, 0.5) is 0 Å². The maximum atomic E-state index is 11.7. The van der Waals surface area contributed by atoms with Crippen LogP contribution in [0.15, 0.2) is 34.9 Å². The molecule has 1 atom stereocenters. The van der Waals surface area contributed by atoms with Gasteiger partial charge < -0.3 is 14.2 Å². The van der Waals surface area contributed by atoms with Crippen molar-refractivity contribution in [3.63, 3.8) is 0 Å². The molecule has 0 saturated carbocycles. The molecule has 0 radical (unpaired) electrons. The summed E-state index contributed by atoms with van der Waals surface area (Å²) < 4.78 is 11.0. The molecule has 0 N–H and O–H groups in total. The summed E-state index contributed by atoms with van der Waals surface area (Å²) in [4.78, 5) is 18.1. The summed E-state index contributed by atoms with van der Waals surface area (Å²) in [5, 5.41) is 4.03. The van der Waals surface area contributed by atoms with Crippen molar-refractivity contribution in [1.29, 1.82) is 0 Å². The molecule has 1 amide bonds. The number of nitrogens with zero attached hydrogens (tertiary/aromatic N) is 3. The van der Waals surface area contributed by atoms with Crippen LogP contribution in [0.2, 0.25) is 0 Å². The lowest BCUT2D eigenvalue weighted by Gasteiger charge is -2.13. The van der Waals surface area contributed by atoms with Crippen LogP contribution in [0.25, 0.3) is 0 Å². The molecule has 1 aliphatic heterocycles. The lowest BCUT2D eigenvalue weighted by molar-refractivity contribution is -0.129. The fraction of sp³-hybridized carbons (Fsp3) is 0.500. The fourth-order valence-corrected chi connectivity index (χ4v) is 2.87. The van der Waals surface area contributed by atoms with E-state index in [2.05, 4.69) is 10.1 Å². The predicted molar refractivity (Wildman–Crippen MR) is 88.3 cm³/mol. The molecular weight excluding hydrogens is 306 g/mol. The summed E-state index contributed by atoms with van der Waals surface area (Å²) in [6, 6.07) is 10.1. The van der Waals surface area contributed by atoms with Crippen LogP contribution in [0.1, 0.15) is 43.0 Å². The first-order valence-electron chi connectivity index (χ1n) is 8.48. The highest BCUT2D eigenvalue weighted by Crippen LogP contribution is 2.26. The van der Waals surface area contributed by atoms with Crippen molar-refractivity contribution >= 4 is 5.91 Å². The quantitative estimate of drug-likeness (QED) is 0.730. The van der Waals surface area contributed by atoms with E-state index >= 15 is 0 Å². The van der Waals surface area contributed by atoms with E-state index in [0.29, 0.717) is 44.3 Å². The van der Waals surface area contributed by atoms with E-state index in [1.807, 2.05) is 42.2 Å². The molecule has 0 spiro atoms. The van der Waals surface area contributed by atoms with Gasteiger partial charge in [0.05, 0.1) is 19.1 Å². The molecular formula is C18H23N3O3. The Morgan fingerprint density at radius 3 is 3.00 bits per heavy atom. The summed E-state index contributed by atoms with van der Waals surface area (Å²) in [6.45, 7) is 4.48. The highest BCUT2D eigenvalue weighted by atomic mass is 16.5. The summed E-state index contributed by atoms with van der Waals surface area (Å²) in [7, 11) is 0. The van der Waals surface area contributed by atoms with Crippen molar-refractivity contribution in [2.75, 3.05) is 19.7 Å². The van der Waals surface area contributed by atoms with Gasteiger partial charge in [0.1, 0.15) is 0 Å². The van der Waals surface area contributed by atoms with Gasteiger partial charge in [-0.1, -0.05) is 42.4 Å². The zero-order chi connectivity index (χ0) is 16.8. The Balaban J connectivity index is 1.43. The minimum absolute atomic E-state index is 0.159. The smallest absolute Gasteiger partial charge is 0.231 e. The molecule has 1 aromatic heterocycles. The largest absolute Gasteiger partial charge is 0.376 e. The Kier molecular flexibility index (Phi) is 5.59. The van der Waals surface area contributed by atoms with Gasteiger partial charge >= 0.3 is 0 Å². The molecule has 0 aliphatic carbocycles. The minimum Gasteiger partial charge on any atom is -0.376 e. The fourth-order valence-electron chi connectivity index (χ4n) is 2.87. The van der Waals surface area contributed by atoms with Gasteiger partial charge in [-0.05, 0) is 12.0 Å². The lowest BCUT2D eigenvalue weighted by Crippen LogP contribution is -2.27. The number of amides is 1. The van der Waals surface area contributed by atoms with Gasteiger partial charge in [-0.3, -0.25) is 4.79 Å². The standard InChI is InChI=1S/C18H23N3O3/c1-2-17(22)21-10-8-15(12-21)18-19-16(20-24-18)9-11-23-13-14-6-4-3-5-7-14/h3-7,15H,2,8-13H2,1H3. The molecule has 2 aromatic rings. The zero-order valence-electron chi connectivity index (χ0n) is 14.0. The summed E-state index contributed by atoms with van der Waals surface area (Å²) in [6.07, 6.45) is 2.05. The second kappa shape index (κ2) is 8.06. The first kappa shape index (κ1) is 16.6. The summed E-state index contributed by atoms with van der Waals surface area (Å²) >= 11 is 0. The normalized spacial score (nSPS) is 17.4. The first-order chi connectivity index (χ1) is 11.8. The molecule has 1 fully saturated rings. The number of rotatable bonds is 7. The Morgan fingerprint density at radius 1 is 1.38 bits per heavy atom. The van der Waals surface area contributed by atoms with E-state index in [4.69, 9.17) is 9.26 Å². The first-order valence-corrected chi connectivity index (χ1v) is 8.48. The van der Waals surface area contributed by atoms with Crippen molar-refractivity contribution in [2.24, 2.45) is 0 Å².